The van der Waals surface area contributed by atoms with Gasteiger partial charge in [0.15, 0.2) is 6.29 Å². The summed E-state index contributed by atoms with van der Waals surface area (Å²) in [7, 11) is 0. The molecule has 2 saturated heterocycles. The first-order chi connectivity index (χ1) is 23.4. The van der Waals surface area contributed by atoms with E-state index in [1.54, 1.807) is 18.2 Å². The third-order valence-corrected chi connectivity index (χ3v) is 9.56. The van der Waals surface area contributed by atoms with Crippen LogP contribution in [0.25, 0.3) is 33.0 Å². The molecular weight excluding hydrogens is 643 g/mol. The van der Waals surface area contributed by atoms with Gasteiger partial charge in [0, 0.05) is 6.54 Å². The lowest BCUT2D eigenvalue weighted by Gasteiger charge is -2.40. The summed E-state index contributed by atoms with van der Waals surface area (Å²) in [6, 6.07) is 21.7. The average molecular weight is 682 g/mol. The highest BCUT2D eigenvalue weighted by Crippen LogP contribution is 2.36. The molecule has 260 valence electrons. The van der Waals surface area contributed by atoms with Gasteiger partial charge in [0.1, 0.15) is 24.4 Å². The van der Waals surface area contributed by atoms with Crippen LogP contribution in [0.5, 0.6) is 0 Å². The quantitative estimate of drug-likeness (QED) is 0.167. The van der Waals surface area contributed by atoms with Crippen LogP contribution in [0.15, 0.2) is 78.9 Å². The van der Waals surface area contributed by atoms with Gasteiger partial charge in [-0.3, -0.25) is 0 Å². The summed E-state index contributed by atoms with van der Waals surface area (Å²) in [5, 5.41) is 50.8. The van der Waals surface area contributed by atoms with Gasteiger partial charge in [0.25, 0.3) is 0 Å². The first-order valence-electron chi connectivity index (χ1n) is 16.2. The highest BCUT2D eigenvalue weighted by molar-refractivity contribution is 6.04. The maximum absolute atomic E-state index is 13.1. The molecule has 2 heterocycles. The summed E-state index contributed by atoms with van der Waals surface area (Å²) in [5.41, 5.74) is 3.41. The summed E-state index contributed by atoms with van der Waals surface area (Å²) in [6.07, 6.45) is -9.13. The van der Waals surface area contributed by atoms with E-state index in [-0.39, 0.29) is 12.2 Å². The molecule has 0 aliphatic carbocycles. The van der Waals surface area contributed by atoms with Gasteiger partial charge in [-0.25, -0.2) is 4.79 Å². The van der Waals surface area contributed by atoms with Crippen LogP contribution in [0, 0.1) is 0 Å². The zero-order chi connectivity index (χ0) is 34.9. The Hall–Kier alpha value is -3.88. The normalized spacial score (nSPS) is 23.9. The number of carbonyl (C=O) groups is 1. The Bertz CT molecular complexity index is 1760. The van der Waals surface area contributed by atoms with Gasteiger partial charge >= 0.3 is 12.1 Å². The predicted molar refractivity (Wildman–Crippen MR) is 175 cm³/mol. The Morgan fingerprint density at radius 2 is 1.49 bits per heavy atom. The molecule has 0 saturated carbocycles. The number of piperidine rings is 1. The van der Waals surface area contributed by atoms with Crippen LogP contribution in [-0.4, -0.2) is 100.0 Å². The number of benzene rings is 4. The van der Waals surface area contributed by atoms with Crippen molar-refractivity contribution in [3.8, 4) is 22.3 Å². The Labute approximate surface area is 280 Å². The largest absolute Gasteiger partial charge is 0.478 e. The molecule has 4 aromatic rings. The number of halogens is 3. The second-order valence-corrected chi connectivity index (χ2v) is 12.6. The third kappa shape index (κ3) is 7.65. The van der Waals surface area contributed by atoms with Crippen LogP contribution in [-0.2, 0) is 15.7 Å². The summed E-state index contributed by atoms with van der Waals surface area (Å²) in [6.45, 7) is 1.93. The number of hydrogen-bond donors (Lipinski definition) is 5. The maximum Gasteiger partial charge on any atom is 0.416 e. The Morgan fingerprint density at radius 3 is 2.12 bits per heavy atom. The SMILES string of the molecule is O=C(O)c1cc(-c2ccc(C3CCN(CCOC4OC(CO)C(O)C(O)C4O)CC3)cc2)c2ccc(-c3ccc(C(F)(F)F)cc3)cc2c1. The lowest BCUT2D eigenvalue weighted by molar-refractivity contribution is -0.301. The summed E-state index contributed by atoms with van der Waals surface area (Å²) in [4.78, 5) is 14.3. The van der Waals surface area contributed by atoms with Crippen LogP contribution < -0.4 is 0 Å². The number of ether oxygens (including phenoxy) is 2. The van der Waals surface area contributed by atoms with Crippen molar-refractivity contribution in [3.63, 3.8) is 0 Å². The predicted octanol–water partition coefficient (Wildman–Crippen LogP) is 4.89. The van der Waals surface area contributed by atoms with Crippen molar-refractivity contribution in [1.82, 2.24) is 4.90 Å². The molecule has 0 aromatic heterocycles. The number of alkyl halides is 3. The fraction of sp³-hybridized carbons (Fsp3) is 0.378. The molecule has 49 heavy (non-hydrogen) atoms. The topological polar surface area (TPSA) is 140 Å². The Morgan fingerprint density at radius 1 is 0.837 bits per heavy atom. The molecule has 0 spiro atoms. The van der Waals surface area contributed by atoms with Crippen molar-refractivity contribution in [2.75, 3.05) is 32.8 Å². The molecule has 9 nitrogen and oxygen atoms in total. The van der Waals surface area contributed by atoms with Gasteiger partial charge < -0.3 is 39.9 Å². The van der Waals surface area contributed by atoms with E-state index in [2.05, 4.69) is 17.0 Å². The highest BCUT2D eigenvalue weighted by atomic mass is 19.4. The fourth-order valence-electron chi connectivity index (χ4n) is 6.69. The van der Waals surface area contributed by atoms with E-state index in [1.165, 1.54) is 17.7 Å². The number of aromatic carboxylic acids is 1. The first kappa shape index (κ1) is 35.0. The molecule has 2 aliphatic heterocycles. The molecule has 0 amide bonds. The monoisotopic (exact) mass is 681 g/mol. The van der Waals surface area contributed by atoms with Crippen LogP contribution in [0.3, 0.4) is 0 Å². The number of aliphatic hydroxyl groups excluding tert-OH is 4. The number of rotatable bonds is 9. The van der Waals surface area contributed by atoms with E-state index >= 15 is 0 Å². The summed E-state index contributed by atoms with van der Waals surface area (Å²) >= 11 is 0. The highest BCUT2D eigenvalue weighted by Gasteiger charge is 2.44. The lowest BCUT2D eigenvalue weighted by Crippen LogP contribution is -2.59. The Kier molecular flexibility index (Phi) is 10.4. The average Bonchev–Trinajstić information content (AvgIpc) is 3.11. The van der Waals surface area contributed by atoms with E-state index in [1.807, 2.05) is 24.3 Å². The molecule has 12 heteroatoms. The Balaban J connectivity index is 1.10. The molecule has 0 bridgehead atoms. The van der Waals surface area contributed by atoms with E-state index in [4.69, 9.17) is 9.47 Å². The standard InChI is InChI=1S/C37H38F3NO8/c38-37(39,40)28-8-5-22(6-9-28)25-7-10-29-26(17-25)18-27(35(46)47)19-30(29)24-3-1-21(2-4-24)23-11-13-41(14-12-23)15-16-48-36-34(45)33(44)32(43)31(20-42)49-36/h1-10,17-19,23,31-34,36,42-45H,11-16,20H2,(H,46,47). The van der Waals surface area contributed by atoms with Gasteiger partial charge in [0.2, 0.25) is 0 Å². The number of aliphatic hydroxyl groups is 4. The van der Waals surface area contributed by atoms with Crippen molar-refractivity contribution >= 4 is 16.7 Å². The van der Waals surface area contributed by atoms with Gasteiger partial charge in [-0.15, -0.1) is 0 Å². The van der Waals surface area contributed by atoms with Gasteiger partial charge in [-0.2, -0.15) is 13.2 Å². The molecule has 5 unspecified atom stereocenters. The number of carboxylic acid groups (broad SMARTS) is 1. The smallest absolute Gasteiger partial charge is 0.416 e. The summed E-state index contributed by atoms with van der Waals surface area (Å²) in [5.74, 6) is -0.755. The van der Waals surface area contributed by atoms with E-state index in [9.17, 15) is 43.5 Å². The lowest BCUT2D eigenvalue weighted by atomic mass is 9.87. The molecule has 5 atom stereocenters. The van der Waals surface area contributed by atoms with E-state index in [0.29, 0.717) is 29.0 Å². The van der Waals surface area contributed by atoms with E-state index < -0.39 is 55.0 Å². The van der Waals surface area contributed by atoms with Crippen molar-refractivity contribution in [3.05, 3.63) is 95.6 Å². The zero-order valence-corrected chi connectivity index (χ0v) is 26.5. The van der Waals surface area contributed by atoms with Crippen LogP contribution in [0.2, 0.25) is 0 Å². The molecule has 2 aliphatic rings. The first-order valence-corrected chi connectivity index (χ1v) is 16.2. The fourth-order valence-corrected chi connectivity index (χ4v) is 6.69. The second kappa shape index (κ2) is 14.5. The number of fused-ring (bicyclic) bond motifs is 1. The minimum absolute atomic E-state index is 0.110. The number of hydrogen-bond acceptors (Lipinski definition) is 8. The maximum atomic E-state index is 13.1. The van der Waals surface area contributed by atoms with Gasteiger partial charge in [-0.05, 0) is 101 Å². The van der Waals surface area contributed by atoms with Gasteiger partial charge in [-0.1, -0.05) is 48.5 Å². The van der Waals surface area contributed by atoms with Crippen molar-refractivity contribution in [1.29, 1.82) is 0 Å². The minimum atomic E-state index is -4.43. The second-order valence-electron chi connectivity index (χ2n) is 12.6. The van der Waals surface area contributed by atoms with Crippen molar-refractivity contribution < 1.29 is 53.0 Å². The molecule has 2 fully saturated rings. The molecule has 4 aromatic carbocycles. The number of likely N-dealkylation sites (tertiary alicyclic amines) is 1. The number of nitrogens with zero attached hydrogens (tertiary/aromatic N) is 1. The molecule has 5 N–H and O–H groups in total. The van der Waals surface area contributed by atoms with Gasteiger partial charge in [0.05, 0.1) is 24.3 Å². The minimum Gasteiger partial charge on any atom is -0.478 e. The van der Waals surface area contributed by atoms with Crippen LogP contribution in [0.4, 0.5) is 13.2 Å². The zero-order valence-electron chi connectivity index (χ0n) is 26.5. The number of carboxylic acids is 1. The van der Waals surface area contributed by atoms with Crippen molar-refractivity contribution in [2.45, 2.75) is 55.6 Å². The van der Waals surface area contributed by atoms with Crippen LogP contribution in [0.1, 0.15) is 40.2 Å². The molecular formula is C37H38F3NO8. The molecule has 6 rings (SSSR count). The third-order valence-electron chi connectivity index (χ3n) is 9.56. The van der Waals surface area contributed by atoms with E-state index in [0.717, 1.165) is 54.6 Å². The van der Waals surface area contributed by atoms with Crippen LogP contribution >= 0.6 is 0 Å². The summed E-state index contributed by atoms with van der Waals surface area (Å²) < 4.78 is 50.2. The van der Waals surface area contributed by atoms with Crippen molar-refractivity contribution in [2.24, 2.45) is 0 Å². The molecule has 0 radical (unpaired) electrons.